The van der Waals surface area contributed by atoms with Gasteiger partial charge >= 0.3 is 0 Å². The Morgan fingerprint density at radius 2 is 1.04 bits per heavy atom. The predicted molar refractivity (Wildman–Crippen MR) is 225 cm³/mol. The maximum Gasteiger partial charge on any atom is 0.143 e. The molecule has 8 aromatic carbocycles. The van der Waals surface area contributed by atoms with Crippen molar-refractivity contribution in [1.82, 2.24) is 0 Å². The molecular weight excluding hydrogens is 671 g/mol. The molecule has 0 atom stereocenters. The summed E-state index contributed by atoms with van der Waals surface area (Å²) in [4.78, 5) is 2.42. The minimum Gasteiger partial charge on any atom is -0.455 e. The monoisotopic (exact) mass is 699 g/mol. The zero-order chi connectivity index (χ0) is 34.2. The standard InChI is InChI=1S/C48H29NOS2/c1-4-19-43-36(12-1)39-16-8-15-35(47(39)50-43)32-10-7-11-34(28-32)49(42-18-9-17-40-37-13-2-6-21-45(37)52-48(40)42)33-25-22-30(23-26-33)31-24-27-46-41(29-31)38-14-3-5-20-44(38)51-46/h1-29H. The molecule has 0 amide bonds. The number of furan rings is 1. The van der Waals surface area contributed by atoms with Crippen molar-refractivity contribution in [3.63, 3.8) is 0 Å². The highest BCUT2D eigenvalue weighted by atomic mass is 32.1. The lowest BCUT2D eigenvalue weighted by molar-refractivity contribution is 0.670. The van der Waals surface area contributed by atoms with Crippen molar-refractivity contribution in [3.05, 3.63) is 176 Å². The first kappa shape index (κ1) is 29.5. The van der Waals surface area contributed by atoms with E-state index in [1.807, 2.05) is 34.8 Å². The maximum absolute atomic E-state index is 6.49. The second kappa shape index (κ2) is 11.7. The number of hydrogen-bond donors (Lipinski definition) is 0. The highest BCUT2D eigenvalue weighted by Crippen LogP contribution is 2.46. The number of fused-ring (bicyclic) bond motifs is 9. The van der Waals surface area contributed by atoms with Crippen molar-refractivity contribution in [1.29, 1.82) is 0 Å². The van der Waals surface area contributed by atoms with Gasteiger partial charge in [0.15, 0.2) is 0 Å². The minimum atomic E-state index is 0.908. The van der Waals surface area contributed by atoms with Crippen LogP contribution in [0, 0.1) is 0 Å². The smallest absolute Gasteiger partial charge is 0.143 e. The molecule has 0 aliphatic heterocycles. The number of hydrogen-bond acceptors (Lipinski definition) is 4. The minimum absolute atomic E-state index is 0.908. The summed E-state index contributed by atoms with van der Waals surface area (Å²) >= 11 is 3.72. The Bertz CT molecular complexity index is 3150. The Kier molecular flexibility index (Phi) is 6.63. The second-order valence-electron chi connectivity index (χ2n) is 13.3. The molecule has 0 saturated heterocycles. The number of rotatable bonds is 5. The van der Waals surface area contributed by atoms with Crippen LogP contribution in [0.25, 0.3) is 84.5 Å². The molecule has 11 rings (SSSR count). The summed E-state index contributed by atoms with van der Waals surface area (Å²) in [7, 11) is 0. The molecule has 0 spiro atoms. The van der Waals surface area contributed by atoms with Crippen LogP contribution in [0.5, 0.6) is 0 Å². The Labute approximate surface area is 308 Å². The molecule has 0 aliphatic rings. The molecule has 0 saturated carbocycles. The van der Waals surface area contributed by atoms with Crippen molar-refractivity contribution < 1.29 is 4.42 Å². The van der Waals surface area contributed by atoms with Crippen molar-refractivity contribution >= 4 is 102 Å². The van der Waals surface area contributed by atoms with Crippen LogP contribution in [0.3, 0.4) is 0 Å². The fourth-order valence-electron chi connectivity index (χ4n) is 7.83. The molecule has 2 nitrogen and oxygen atoms in total. The van der Waals surface area contributed by atoms with E-state index in [0.29, 0.717) is 0 Å². The van der Waals surface area contributed by atoms with Gasteiger partial charge in [-0.1, -0.05) is 115 Å². The fourth-order valence-corrected chi connectivity index (χ4v) is 10.1. The lowest BCUT2D eigenvalue weighted by Crippen LogP contribution is -2.10. The van der Waals surface area contributed by atoms with E-state index in [1.165, 1.54) is 51.5 Å². The largest absolute Gasteiger partial charge is 0.455 e. The quantitative estimate of drug-likeness (QED) is 0.178. The van der Waals surface area contributed by atoms with Crippen LogP contribution in [-0.2, 0) is 0 Å². The average Bonchev–Trinajstić information content (AvgIpc) is 3.90. The van der Waals surface area contributed by atoms with E-state index in [9.17, 15) is 0 Å². The zero-order valence-electron chi connectivity index (χ0n) is 27.9. The van der Waals surface area contributed by atoms with Gasteiger partial charge in [0.2, 0.25) is 0 Å². The summed E-state index contributed by atoms with van der Waals surface area (Å²) in [5, 5.41) is 7.48. The third kappa shape index (κ3) is 4.62. The maximum atomic E-state index is 6.49. The molecule has 4 heteroatoms. The van der Waals surface area contributed by atoms with Crippen LogP contribution in [0.4, 0.5) is 17.1 Å². The van der Waals surface area contributed by atoms with Crippen LogP contribution < -0.4 is 4.90 Å². The topological polar surface area (TPSA) is 16.4 Å². The van der Waals surface area contributed by atoms with E-state index < -0.39 is 0 Å². The van der Waals surface area contributed by atoms with E-state index in [-0.39, 0.29) is 0 Å². The average molecular weight is 700 g/mol. The van der Waals surface area contributed by atoms with Crippen molar-refractivity contribution in [2.45, 2.75) is 0 Å². The molecule has 3 heterocycles. The van der Waals surface area contributed by atoms with E-state index in [2.05, 4.69) is 169 Å². The third-order valence-electron chi connectivity index (χ3n) is 10.3. The van der Waals surface area contributed by atoms with Gasteiger partial charge in [-0.05, 0) is 77.4 Å². The first-order valence-corrected chi connectivity index (χ1v) is 19.1. The molecule has 0 N–H and O–H groups in total. The van der Waals surface area contributed by atoms with Crippen LogP contribution in [0.2, 0.25) is 0 Å². The van der Waals surface area contributed by atoms with Crippen LogP contribution >= 0.6 is 22.7 Å². The number of benzene rings is 8. The Morgan fingerprint density at radius 3 is 1.90 bits per heavy atom. The van der Waals surface area contributed by atoms with E-state index in [1.54, 1.807) is 0 Å². The lowest BCUT2D eigenvalue weighted by atomic mass is 10.0. The SMILES string of the molecule is c1cc(-c2cccc3c2oc2ccccc23)cc(N(c2ccc(-c3ccc4sc5ccccc5c4c3)cc2)c2cccc3c2sc2ccccc23)c1. The Hall–Kier alpha value is -6.20. The van der Waals surface area contributed by atoms with Gasteiger partial charge < -0.3 is 9.32 Å². The van der Waals surface area contributed by atoms with E-state index in [0.717, 1.165) is 50.1 Å². The normalized spacial score (nSPS) is 11.8. The van der Waals surface area contributed by atoms with Gasteiger partial charge in [-0.3, -0.25) is 0 Å². The van der Waals surface area contributed by atoms with Gasteiger partial charge in [-0.2, -0.15) is 0 Å². The molecular formula is C48H29NOS2. The van der Waals surface area contributed by atoms with Gasteiger partial charge in [0.1, 0.15) is 11.2 Å². The van der Waals surface area contributed by atoms with Gasteiger partial charge in [-0.15, -0.1) is 22.7 Å². The van der Waals surface area contributed by atoms with E-state index in [4.69, 9.17) is 4.42 Å². The number of thiophene rings is 2. The van der Waals surface area contributed by atoms with Gasteiger partial charge in [0.05, 0.1) is 10.4 Å². The van der Waals surface area contributed by atoms with E-state index >= 15 is 0 Å². The molecule has 11 aromatic rings. The van der Waals surface area contributed by atoms with Crippen LogP contribution in [-0.4, -0.2) is 0 Å². The molecule has 52 heavy (non-hydrogen) atoms. The molecule has 0 unspecified atom stereocenters. The fraction of sp³-hybridized carbons (Fsp3) is 0. The second-order valence-corrected chi connectivity index (χ2v) is 15.4. The van der Waals surface area contributed by atoms with Gasteiger partial charge in [0.25, 0.3) is 0 Å². The van der Waals surface area contributed by atoms with Crippen molar-refractivity contribution in [2.75, 3.05) is 4.90 Å². The predicted octanol–water partition coefficient (Wildman–Crippen LogP) is 15.1. The van der Waals surface area contributed by atoms with Crippen molar-refractivity contribution in [2.24, 2.45) is 0 Å². The summed E-state index contributed by atoms with van der Waals surface area (Å²) in [6.45, 7) is 0. The summed E-state index contributed by atoms with van der Waals surface area (Å²) in [6.07, 6.45) is 0. The lowest BCUT2D eigenvalue weighted by Gasteiger charge is -2.27. The highest BCUT2D eigenvalue weighted by molar-refractivity contribution is 7.26. The van der Waals surface area contributed by atoms with Crippen LogP contribution in [0.15, 0.2) is 180 Å². The van der Waals surface area contributed by atoms with Gasteiger partial charge in [-0.25, -0.2) is 0 Å². The molecule has 0 bridgehead atoms. The first-order valence-electron chi connectivity index (χ1n) is 17.5. The Balaban J connectivity index is 1.08. The zero-order valence-corrected chi connectivity index (χ0v) is 29.5. The molecule has 0 radical (unpaired) electrons. The summed E-state index contributed by atoms with van der Waals surface area (Å²) in [5.74, 6) is 0. The van der Waals surface area contributed by atoms with Gasteiger partial charge in [0, 0.05) is 63.4 Å². The third-order valence-corrected chi connectivity index (χ3v) is 12.6. The summed E-state index contributed by atoms with van der Waals surface area (Å²) in [6, 6.07) is 63.7. The number of para-hydroxylation sites is 2. The summed E-state index contributed by atoms with van der Waals surface area (Å²) < 4.78 is 11.7. The highest BCUT2D eigenvalue weighted by Gasteiger charge is 2.20. The Morgan fingerprint density at radius 1 is 0.385 bits per heavy atom. The molecule has 3 aromatic heterocycles. The van der Waals surface area contributed by atoms with Crippen molar-refractivity contribution in [3.8, 4) is 22.3 Å². The molecule has 0 aliphatic carbocycles. The van der Waals surface area contributed by atoms with Crippen LogP contribution in [0.1, 0.15) is 0 Å². The first-order chi connectivity index (χ1) is 25.8. The molecule has 0 fully saturated rings. The number of nitrogens with zero attached hydrogens (tertiary/aromatic N) is 1. The molecule has 244 valence electrons. The summed E-state index contributed by atoms with van der Waals surface area (Å²) in [5.41, 5.74) is 9.81. The number of anilines is 3.